The number of nitrogens with one attached hydrogen (secondary N) is 2. The molecule has 1 heterocycles. The highest BCUT2D eigenvalue weighted by atomic mass is 16.5. The van der Waals surface area contributed by atoms with Gasteiger partial charge in [0, 0.05) is 17.5 Å². The molecule has 0 saturated carbocycles. The molecule has 2 N–H and O–H groups in total. The molecule has 3 aromatic rings. The van der Waals surface area contributed by atoms with E-state index in [9.17, 15) is 9.59 Å². The summed E-state index contributed by atoms with van der Waals surface area (Å²) in [4.78, 5) is 29.0. The standard InChI is InChI=1S/C26H32N2O5/c1-5-6-10-15-33-24-21(31-3)14-13-19-22(17(2)27-23(19)24)25(29)28-20(26(30)32-4)16-18-11-8-7-9-12-18/h7-9,11-14,20,27H,5-6,10,15-16H2,1-4H3,(H,28,29). The van der Waals surface area contributed by atoms with Gasteiger partial charge in [-0.05, 0) is 31.0 Å². The van der Waals surface area contributed by atoms with Crippen LogP contribution in [0.1, 0.15) is 47.8 Å². The maximum Gasteiger partial charge on any atom is 0.328 e. The molecular formula is C26H32N2O5. The second-order valence-corrected chi connectivity index (χ2v) is 7.94. The van der Waals surface area contributed by atoms with Crippen molar-refractivity contribution in [2.24, 2.45) is 0 Å². The molecule has 0 radical (unpaired) electrons. The molecule has 3 rings (SSSR count). The highest BCUT2D eigenvalue weighted by Crippen LogP contribution is 2.37. The van der Waals surface area contributed by atoms with E-state index in [4.69, 9.17) is 14.2 Å². The second-order valence-electron chi connectivity index (χ2n) is 7.94. The van der Waals surface area contributed by atoms with Crippen molar-refractivity contribution < 1.29 is 23.8 Å². The van der Waals surface area contributed by atoms with Crippen LogP contribution in [-0.2, 0) is 16.0 Å². The fourth-order valence-electron chi connectivity index (χ4n) is 3.89. The van der Waals surface area contributed by atoms with E-state index in [2.05, 4.69) is 17.2 Å². The summed E-state index contributed by atoms with van der Waals surface area (Å²) in [5.74, 6) is 0.337. The summed E-state index contributed by atoms with van der Waals surface area (Å²) in [6.07, 6.45) is 3.44. The summed E-state index contributed by atoms with van der Waals surface area (Å²) in [7, 11) is 2.91. The smallest absolute Gasteiger partial charge is 0.328 e. The number of aromatic nitrogens is 1. The van der Waals surface area contributed by atoms with Crippen LogP contribution in [-0.4, -0.2) is 43.7 Å². The largest absolute Gasteiger partial charge is 0.493 e. The predicted molar refractivity (Wildman–Crippen MR) is 128 cm³/mol. The summed E-state index contributed by atoms with van der Waals surface area (Å²) in [5, 5.41) is 3.56. The second kappa shape index (κ2) is 11.4. The fourth-order valence-corrected chi connectivity index (χ4v) is 3.89. The molecule has 0 aliphatic heterocycles. The lowest BCUT2D eigenvalue weighted by atomic mass is 10.0. The topological polar surface area (TPSA) is 89.7 Å². The van der Waals surface area contributed by atoms with Crippen molar-refractivity contribution >= 4 is 22.8 Å². The average molecular weight is 453 g/mol. The van der Waals surface area contributed by atoms with Gasteiger partial charge in [0.05, 0.1) is 31.9 Å². The first kappa shape index (κ1) is 24.2. The zero-order chi connectivity index (χ0) is 23.8. The Hall–Kier alpha value is -3.48. The minimum absolute atomic E-state index is 0.334. The number of aryl methyl sites for hydroxylation is 1. The highest BCUT2D eigenvalue weighted by molar-refractivity contribution is 6.10. The molecule has 0 spiro atoms. The zero-order valence-corrected chi connectivity index (χ0v) is 19.7. The van der Waals surface area contributed by atoms with E-state index in [1.165, 1.54) is 7.11 Å². The number of hydrogen-bond donors (Lipinski definition) is 2. The van der Waals surface area contributed by atoms with Gasteiger partial charge >= 0.3 is 5.97 Å². The lowest BCUT2D eigenvalue weighted by Crippen LogP contribution is -2.43. The van der Waals surface area contributed by atoms with Crippen molar-refractivity contribution in [3.05, 3.63) is 59.3 Å². The van der Waals surface area contributed by atoms with Gasteiger partial charge in [0.15, 0.2) is 11.5 Å². The summed E-state index contributed by atoms with van der Waals surface area (Å²) in [6.45, 7) is 4.52. The molecule has 2 aromatic carbocycles. The molecule has 7 nitrogen and oxygen atoms in total. The van der Waals surface area contributed by atoms with Crippen LogP contribution in [0.25, 0.3) is 10.9 Å². The monoisotopic (exact) mass is 452 g/mol. The number of rotatable bonds is 11. The first-order valence-corrected chi connectivity index (χ1v) is 11.2. The van der Waals surface area contributed by atoms with Crippen molar-refractivity contribution in [3.8, 4) is 11.5 Å². The fraction of sp³-hybridized carbons (Fsp3) is 0.385. The van der Waals surface area contributed by atoms with Gasteiger partial charge in [-0.1, -0.05) is 50.1 Å². The van der Waals surface area contributed by atoms with Crippen LogP contribution in [0.4, 0.5) is 0 Å². The zero-order valence-electron chi connectivity index (χ0n) is 19.7. The van der Waals surface area contributed by atoms with Gasteiger partial charge in [0.1, 0.15) is 6.04 Å². The molecule has 7 heteroatoms. The molecule has 1 unspecified atom stereocenters. The van der Waals surface area contributed by atoms with E-state index in [1.807, 2.05) is 43.3 Å². The van der Waals surface area contributed by atoms with E-state index in [-0.39, 0.29) is 5.91 Å². The van der Waals surface area contributed by atoms with Crippen LogP contribution in [0.2, 0.25) is 0 Å². The van der Waals surface area contributed by atoms with Crippen LogP contribution in [0.15, 0.2) is 42.5 Å². The van der Waals surface area contributed by atoms with E-state index in [0.29, 0.717) is 46.7 Å². The third kappa shape index (κ3) is 5.66. The molecule has 0 aliphatic rings. The van der Waals surface area contributed by atoms with Gasteiger partial charge in [0.2, 0.25) is 0 Å². The minimum atomic E-state index is -0.808. The van der Waals surface area contributed by atoms with Crippen LogP contribution < -0.4 is 14.8 Å². The number of carbonyl (C=O) groups is 2. The number of unbranched alkanes of at least 4 members (excludes halogenated alkanes) is 2. The summed E-state index contributed by atoms with van der Waals surface area (Å²) in [5.41, 5.74) is 2.77. The summed E-state index contributed by atoms with van der Waals surface area (Å²) in [6, 6.07) is 12.3. The van der Waals surface area contributed by atoms with E-state index >= 15 is 0 Å². The number of H-pyrrole nitrogens is 1. The maximum absolute atomic E-state index is 13.3. The van der Waals surface area contributed by atoms with Gasteiger partial charge in [-0.15, -0.1) is 0 Å². The number of amides is 1. The van der Waals surface area contributed by atoms with E-state index in [0.717, 1.165) is 24.8 Å². The number of aromatic amines is 1. The number of benzene rings is 2. The SMILES string of the molecule is CCCCCOc1c(OC)ccc2c(C(=O)NC(Cc3ccccc3)C(=O)OC)c(C)[nH]c12. The number of carbonyl (C=O) groups excluding carboxylic acids is 2. The van der Waals surface area contributed by atoms with Crippen molar-refractivity contribution in [1.82, 2.24) is 10.3 Å². The van der Waals surface area contributed by atoms with E-state index < -0.39 is 12.0 Å². The number of ether oxygens (including phenoxy) is 3. The maximum atomic E-state index is 13.3. The van der Waals surface area contributed by atoms with Crippen LogP contribution in [0.3, 0.4) is 0 Å². The summed E-state index contributed by atoms with van der Waals surface area (Å²) >= 11 is 0. The summed E-state index contributed by atoms with van der Waals surface area (Å²) < 4.78 is 16.5. The van der Waals surface area contributed by atoms with Gasteiger partial charge in [-0.3, -0.25) is 4.79 Å². The first-order valence-electron chi connectivity index (χ1n) is 11.2. The Morgan fingerprint density at radius 3 is 2.48 bits per heavy atom. The van der Waals surface area contributed by atoms with Gasteiger partial charge in [0.25, 0.3) is 5.91 Å². The molecule has 176 valence electrons. The molecule has 1 amide bonds. The molecule has 33 heavy (non-hydrogen) atoms. The highest BCUT2D eigenvalue weighted by Gasteiger charge is 2.26. The van der Waals surface area contributed by atoms with Gasteiger partial charge in [-0.2, -0.15) is 0 Å². The van der Waals surface area contributed by atoms with Crippen molar-refractivity contribution in [2.75, 3.05) is 20.8 Å². The number of hydrogen-bond acceptors (Lipinski definition) is 5. The lowest BCUT2D eigenvalue weighted by Gasteiger charge is -2.17. The third-order valence-electron chi connectivity index (χ3n) is 5.59. The number of esters is 1. The molecule has 0 fully saturated rings. The molecule has 1 atom stereocenters. The molecule has 1 aromatic heterocycles. The molecular weight excluding hydrogens is 420 g/mol. The van der Waals surface area contributed by atoms with Crippen molar-refractivity contribution in [1.29, 1.82) is 0 Å². The Kier molecular flexibility index (Phi) is 8.35. The van der Waals surface area contributed by atoms with Crippen molar-refractivity contribution in [2.45, 2.75) is 45.6 Å². The average Bonchev–Trinajstić information content (AvgIpc) is 3.17. The van der Waals surface area contributed by atoms with Crippen molar-refractivity contribution in [3.63, 3.8) is 0 Å². The minimum Gasteiger partial charge on any atom is -0.493 e. The normalized spacial score (nSPS) is 11.8. The van der Waals surface area contributed by atoms with E-state index in [1.54, 1.807) is 13.2 Å². The van der Waals surface area contributed by atoms with Crippen LogP contribution in [0.5, 0.6) is 11.5 Å². The van der Waals surface area contributed by atoms with Crippen LogP contribution >= 0.6 is 0 Å². The number of methoxy groups -OCH3 is 2. The Morgan fingerprint density at radius 2 is 1.82 bits per heavy atom. The van der Waals surface area contributed by atoms with Gasteiger partial charge in [-0.25, -0.2) is 4.79 Å². The molecule has 0 aliphatic carbocycles. The van der Waals surface area contributed by atoms with Gasteiger partial charge < -0.3 is 24.5 Å². The van der Waals surface area contributed by atoms with Crippen LogP contribution in [0, 0.1) is 6.92 Å². The Morgan fingerprint density at radius 1 is 1.06 bits per heavy atom. The Balaban J connectivity index is 1.90. The first-order chi connectivity index (χ1) is 16.0. The Labute approximate surface area is 194 Å². The number of fused-ring (bicyclic) bond motifs is 1. The predicted octanol–water partition coefficient (Wildman–Crippen LogP) is 4.57. The quantitative estimate of drug-likeness (QED) is 0.329. The molecule has 0 saturated heterocycles. The Bertz CT molecular complexity index is 1090. The molecule has 0 bridgehead atoms. The lowest BCUT2D eigenvalue weighted by molar-refractivity contribution is -0.142. The third-order valence-corrected chi connectivity index (χ3v) is 5.59.